The van der Waals surface area contributed by atoms with Crippen LogP contribution in [0.25, 0.3) is 88.7 Å². The van der Waals surface area contributed by atoms with E-state index in [1.165, 1.54) is 12.1 Å². The number of benzene rings is 7. The second kappa shape index (κ2) is 12.8. The van der Waals surface area contributed by atoms with Crippen LogP contribution in [0.4, 0.5) is 22.0 Å². The molecule has 9 aromatic rings. The quantitative estimate of drug-likeness (QED) is 0.0776. The van der Waals surface area contributed by atoms with Crippen LogP contribution in [0.2, 0.25) is 0 Å². The molecule has 254 valence electrons. The number of hydrogen-bond acceptors (Lipinski definition) is 3. The molecule has 7 aromatic carbocycles. The molecule has 0 aliphatic carbocycles. The molecule has 53 heavy (non-hydrogen) atoms. The molecule has 8 heteroatoms. The molecule has 0 radical (unpaired) electrons. The molecule has 2 aromatic heterocycles. The average molecular weight is 702 g/mol. The highest BCUT2D eigenvalue weighted by Gasteiger charge is 2.29. The van der Waals surface area contributed by atoms with Crippen LogP contribution < -0.4 is 0 Å². The van der Waals surface area contributed by atoms with Gasteiger partial charge in [-0.3, -0.25) is 0 Å². The first-order chi connectivity index (χ1) is 25.9. The van der Waals surface area contributed by atoms with Crippen molar-refractivity contribution in [2.24, 2.45) is 0 Å². The topological polar surface area (TPSA) is 38.7 Å². The van der Waals surface area contributed by atoms with Crippen LogP contribution in [-0.4, -0.2) is 15.0 Å². The zero-order valence-corrected chi connectivity index (χ0v) is 27.6. The molecule has 0 amide bonds. The molecule has 0 fully saturated rings. The molecule has 2 heterocycles. The normalized spacial score (nSPS) is 11.5. The monoisotopic (exact) mass is 701 g/mol. The molecule has 9 rings (SSSR count). The third-order valence-electron chi connectivity index (χ3n) is 9.45. The zero-order valence-electron chi connectivity index (χ0n) is 27.6. The fourth-order valence-corrected chi connectivity index (χ4v) is 7.02. The molecule has 0 spiro atoms. The van der Waals surface area contributed by atoms with Crippen LogP contribution in [0.1, 0.15) is 0 Å². The largest absolute Gasteiger partial charge is 0.247 e. The summed E-state index contributed by atoms with van der Waals surface area (Å²) < 4.78 is 74.4. The molecule has 0 saturated carbocycles. The standard InChI is InChI=1S/C45H24F5N3/c46-36-35(37(47)39(49)40(50)38(36)48)28-20-10-11-21-29(28)43-32-24-31(25-14-4-1-5-15-25)44-45(34(32)30-22-12-13-23-33(30)51-43)53-42(27-18-8-3-9-19-27)41(52-44)26-16-6-2-7-17-26/h1-24H. The summed E-state index contributed by atoms with van der Waals surface area (Å²) in [5, 5.41) is 1.95. The summed E-state index contributed by atoms with van der Waals surface area (Å²) in [5.41, 5.74) is 5.45. The predicted octanol–water partition coefficient (Wildman–Crippen LogP) is 12.4. The lowest BCUT2D eigenvalue weighted by molar-refractivity contribution is 0.381. The van der Waals surface area contributed by atoms with E-state index in [9.17, 15) is 13.2 Å². The van der Waals surface area contributed by atoms with Crippen molar-refractivity contribution >= 4 is 32.7 Å². The number of halogens is 5. The minimum Gasteiger partial charge on any atom is -0.247 e. The van der Waals surface area contributed by atoms with Crippen molar-refractivity contribution in [3.8, 4) is 56.0 Å². The minimum absolute atomic E-state index is 0.168. The van der Waals surface area contributed by atoms with Gasteiger partial charge < -0.3 is 0 Å². The number of aromatic nitrogens is 3. The Hall–Kier alpha value is -6.80. The lowest BCUT2D eigenvalue weighted by Gasteiger charge is -2.19. The Kier molecular flexibility index (Phi) is 7.73. The molecule has 0 N–H and O–H groups in total. The van der Waals surface area contributed by atoms with Crippen LogP contribution >= 0.6 is 0 Å². The Morgan fingerprint density at radius 1 is 0.340 bits per heavy atom. The van der Waals surface area contributed by atoms with Gasteiger partial charge in [-0.25, -0.2) is 36.9 Å². The number of fused-ring (bicyclic) bond motifs is 5. The van der Waals surface area contributed by atoms with E-state index in [0.29, 0.717) is 44.3 Å². The molecule has 3 nitrogen and oxygen atoms in total. The van der Waals surface area contributed by atoms with Gasteiger partial charge in [0.1, 0.15) is 0 Å². The van der Waals surface area contributed by atoms with E-state index < -0.39 is 34.6 Å². The maximum Gasteiger partial charge on any atom is 0.200 e. The van der Waals surface area contributed by atoms with Gasteiger partial charge in [0.2, 0.25) is 5.82 Å². The van der Waals surface area contributed by atoms with Crippen molar-refractivity contribution in [2.45, 2.75) is 0 Å². The van der Waals surface area contributed by atoms with Gasteiger partial charge in [0.25, 0.3) is 0 Å². The van der Waals surface area contributed by atoms with E-state index >= 15 is 8.78 Å². The first-order valence-corrected chi connectivity index (χ1v) is 16.8. The van der Waals surface area contributed by atoms with Gasteiger partial charge in [-0.05, 0) is 23.3 Å². The maximum atomic E-state index is 15.5. The van der Waals surface area contributed by atoms with Gasteiger partial charge in [0, 0.05) is 38.4 Å². The molecular weight excluding hydrogens is 678 g/mol. The summed E-state index contributed by atoms with van der Waals surface area (Å²) in [4.78, 5) is 15.8. The van der Waals surface area contributed by atoms with Crippen molar-refractivity contribution < 1.29 is 22.0 Å². The second-order valence-corrected chi connectivity index (χ2v) is 12.5. The van der Waals surface area contributed by atoms with Crippen molar-refractivity contribution in [1.82, 2.24) is 15.0 Å². The lowest BCUT2D eigenvalue weighted by Crippen LogP contribution is -2.05. The first kappa shape index (κ1) is 32.1. The van der Waals surface area contributed by atoms with E-state index in [2.05, 4.69) is 0 Å². The number of nitrogens with zero attached hydrogens (tertiary/aromatic N) is 3. The first-order valence-electron chi connectivity index (χ1n) is 16.8. The fourth-order valence-electron chi connectivity index (χ4n) is 7.02. The van der Waals surface area contributed by atoms with Gasteiger partial charge in [0.05, 0.1) is 39.2 Å². The lowest BCUT2D eigenvalue weighted by atomic mass is 9.90. The Bertz CT molecular complexity index is 2850. The smallest absolute Gasteiger partial charge is 0.200 e. The maximum absolute atomic E-state index is 15.5. The van der Waals surface area contributed by atoms with Crippen LogP contribution in [0.15, 0.2) is 146 Å². The summed E-state index contributed by atoms with van der Waals surface area (Å²) in [5.74, 6) is -10.1. The number of para-hydroxylation sites is 1. The molecule has 0 bridgehead atoms. The van der Waals surface area contributed by atoms with Crippen LogP contribution in [-0.2, 0) is 0 Å². The Labute approximate surface area is 299 Å². The summed E-state index contributed by atoms with van der Waals surface area (Å²) in [6, 6.07) is 44.5. The van der Waals surface area contributed by atoms with Crippen LogP contribution in [0.5, 0.6) is 0 Å². The Morgan fingerprint density at radius 3 is 1.42 bits per heavy atom. The number of hydrogen-bond donors (Lipinski definition) is 0. The fraction of sp³-hybridized carbons (Fsp3) is 0. The summed E-state index contributed by atoms with van der Waals surface area (Å²) in [6.45, 7) is 0. The molecule has 0 atom stereocenters. The van der Waals surface area contributed by atoms with Crippen LogP contribution in [0, 0.1) is 29.1 Å². The van der Waals surface area contributed by atoms with Gasteiger partial charge in [-0.1, -0.05) is 133 Å². The third kappa shape index (κ3) is 5.21. The Balaban J connectivity index is 1.48. The van der Waals surface area contributed by atoms with Crippen molar-refractivity contribution in [3.63, 3.8) is 0 Å². The van der Waals surface area contributed by atoms with Crippen molar-refractivity contribution in [2.75, 3.05) is 0 Å². The zero-order chi connectivity index (χ0) is 36.2. The van der Waals surface area contributed by atoms with Gasteiger partial charge in [0.15, 0.2) is 23.3 Å². The van der Waals surface area contributed by atoms with Gasteiger partial charge >= 0.3 is 0 Å². The minimum atomic E-state index is -2.22. The van der Waals surface area contributed by atoms with E-state index in [0.717, 1.165) is 22.1 Å². The van der Waals surface area contributed by atoms with Crippen molar-refractivity contribution in [1.29, 1.82) is 0 Å². The van der Waals surface area contributed by atoms with Crippen LogP contribution in [0.3, 0.4) is 0 Å². The number of rotatable bonds is 5. The molecule has 0 unspecified atom stereocenters. The summed E-state index contributed by atoms with van der Waals surface area (Å²) >= 11 is 0. The molecule has 0 aliphatic rings. The van der Waals surface area contributed by atoms with Crippen molar-refractivity contribution in [3.05, 3.63) is 175 Å². The highest BCUT2D eigenvalue weighted by molar-refractivity contribution is 6.24. The Morgan fingerprint density at radius 2 is 0.811 bits per heavy atom. The number of pyridine rings is 1. The van der Waals surface area contributed by atoms with E-state index in [-0.39, 0.29) is 16.8 Å². The van der Waals surface area contributed by atoms with Gasteiger partial charge in [-0.15, -0.1) is 0 Å². The third-order valence-corrected chi connectivity index (χ3v) is 9.45. The molecule has 0 aliphatic heterocycles. The van der Waals surface area contributed by atoms with E-state index in [4.69, 9.17) is 15.0 Å². The van der Waals surface area contributed by atoms with E-state index in [1.54, 1.807) is 18.2 Å². The SMILES string of the molecule is Fc1c(F)c(F)c(-c2ccccc2-c2nc3ccccc3c3c2cc(-c2ccccc2)c2nc(-c4ccccc4)c(-c4ccccc4)nc23)c(F)c1F. The summed E-state index contributed by atoms with van der Waals surface area (Å²) in [6.07, 6.45) is 0. The summed E-state index contributed by atoms with van der Waals surface area (Å²) in [7, 11) is 0. The highest BCUT2D eigenvalue weighted by Crippen LogP contribution is 2.45. The molecule has 0 saturated heterocycles. The highest BCUT2D eigenvalue weighted by atomic mass is 19.2. The second-order valence-electron chi connectivity index (χ2n) is 12.5. The van der Waals surface area contributed by atoms with E-state index in [1.807, 2.05) is 115 Å². The predicted molar refractivity (Wildman–Crippen MR) is 199 cm³/mol. The van der Waals surface area contributed by atoms with Gasteiger partial charge in [-0.2, -0.15) is 0 Å². The average Bonchev–Trinajstić information content (AvgIpc) is 3.22. The molecular formula is C45H24F5N3.